The van der Waals surface area contributed by atoms with Gasteiger partial charge in [0.1, 0.15) is 30.5 Å². The third-order valence-corrected chi connectivity index (χ3v) is 13.1. The Hall–Kier alpha value is -4.37. The van der Waals surface area contributed by atoms with Crippen molar-refractivity contribution in [1.82, 2.24) is 0 Å². The number of phosphoric ester groups is 4. The van der Waals surface area contributed by atoms with Crippen LogP contribution >= 0.6 is 31.3 Å². The third kappa shape index (κ3) is 27.4. The lowest BCUT2D eigenvalue weighted by Gasteiger charge is -2.49. The van der Waals surface area contributed by atoms with E-state index in [-0.39, 0.29) is 6.42 Å². The molecule has 0 aromatic rings. The van der Waals surface area contributed by atoms with Crippen LogP contribution in [0.1, 0.15) is 75.2 Å². The molecule has 0 heterocycles. The first kappa shape index (κ1) is 67.6. The summed E-state index contributed by atoms with van der Waals surface area (Å²) in [5, 5.41) is 0. The number of phosphoric acid groups is 4. The first-order chi connectivity index (χ1) is 34.5. The fourth-order valence-corrected chi connectivity index (χ4v) is 9.19. The van der Waals surface area contributed by atoms with Crippen LogP contribution in [0.2, 0.25) is 0 Å². The van der Waals surface area contributed by atoms with Gasteiger partial charge in [-0.1, -0.05) is 6.92 Å². The molecule has 1 fully saturated rings. The topological polar surface area (TPSA) is 425 Å². The zero-order valence-electron chi connectivity index (χ0n) is 41.1. The Balaban J connectivity index is 4.79. The second-order valence-electron chi connectivity index (χ2n) is 13.5. The first-order valence-electron chi connectivity index (χ1n) is 20.6. The molecule has 426 valence electrons. The highest BCUT2D eigenvalue weighted by molar-refractivity contribution is 7.49. The van der Waals surface area contributed by atoms with Gasteiger partial charge in [-0.3, -0.25) is 61.2 Å². The normalized spacial score (nSPS) is 19.0. The van der Waals surface area contributed by atoms with E-state index in [2.05, 4.69) is 0 Å². The van der Waals surface area contributed by atoms with Gasteiger partial charge in [0.05, 0.1) is 0 Å². The van der Waals surface area contributed by atoms with E-state index in [0.29, 0.717) is 0 Å². The Morgan fingerprint density at radius 2 is 0.514 bits per heavy atom. The monoisotopic (exact) mass is 1160 g/mol. The molecule has 0 spiro atoms. The molecule has 6 atom stereocenters. The summed E-state index contributed by atoms with van der Waals surface area (Å²) in [5.41, 5.74) is 0. The Kier molecular flexibility index (Phi) is 30.7. The number of carbonyl (C=O) groups excluding carboxylic acids is 9. The lowest BCUT2D eigenvalue weighted by atomic mass is 9.84. The van der Waals surface area contributed by atoms with Crippen LogP contribution in [0.4, 0.5) is 0 Å². The largest absolute Gasteiger partial charge is 0.481 e. The molecule has 0 radical (unpaired) electrons. The average Bonchev–Trinajstić information content (AvgIpc) is 3.25. The van der Waals surface area contributed by atoms with Crippen molar-refractivity contribution >= 4 is 85.0 Å². The van der Waals surface area contributed by atoms with E-state index in [9.17, 15) is 61.4 Å². The van der Waals surface area contributed by atoms with Crippen molar-refractivity contribution in [3.05, 3.63) is 0 Å². The first-order valence-corrected chi connectivity index (χ1v) is 26.4. The van der Waals surface area contributed by atoms with Crippen molar-refractivity contribution < 1.29 is 163 Å². The Bertz CT molecular complexity index is 2000. The maximum absolute atomic E-state index is 14.8. The molecular weight excluding hydrogens is 1100 g/mol. The highest BCUT2D eigenvalue weighted by atomic mass is 31.2. The minimum absolute atomic E-state index is 0.0185. The van der Waals surface area contributed by atoms with Gasteiger partial charge in [-0.25, -0.2) is 54.5 Å². The highest BCUT2D eigenvalue weighted by Crippen LogP contribution is 2.62. The van der Waals surface area contributed by atoms with Crippen molar-refractivity contribution in [2.24, 2.45) is 0 Å². The van der Waals surface area contributed by atoms with Gasteiger partial charge in [-0.15, -0.1) is 0 Å². The van der Waals surface area contributed by atoms with Crippen molar-refractivity contribution in [2.45, 2.75) is 112 Å². The molecule has 74 heavy (non-hydrogen) atoms. The number of rotatable bonds is 36. The fourth-order valence-electron chi connectivity index (χ4n) is 4.80. The van der Waals surface area contributed by atoms with E-state index in [0.717, 1.165) is 62.5 Å². The lowest BCUT2D eigenvalue weighted by Crippen LogP contribution is -2.67. The smallest absolute Gasteiger partial charge is 0.457 e. The summed E-state index contributed by atoms with van der Waals surface area (Å²) in [4.78, 5) is 108. The summed E-state index contributed by atoms with van der Waals surface area (Å²) >= 11 is 0. The molecule has 39 heteroatoms. The zero-order chi connectivity index (χ0) is 56.3. The third-order valence-electron chi connectivity index (χ3n) is 7.72. The fraction of sp³-hybridized carbons (Fsp3) is 0.743. The maximum Gasteiger partial charge on any atom is 0.481 e. The molecule has 0 bridgehead atoms. The second-order valence-corrected chi connectivity index (χ2v) is 20.0. The molecule has 1 saturated carbocycles. The highest BCUT2D eigenvalue weighted by Gasteiger charge is 2.63. The van der Waals surface area contributed by atoms with Crippen molar-refractivity contribution in [2.75, 3.05) is 61.5 Å². The van der Waals surface area contributed by atoms with Gasteiger partial charge in [-0.2, -0.15) is 0 Å². The quantitative estimate of drug-likeness (QED) is 0.0376. The van der Waals surface area contributed by atoms with Crippen LogP contribution in [0.5, 0.6) is 0 Å². The molecule has 0 saturated heterocycles. The number of hydrogen-bond acceptors (Lipinski definition) is 35. The van der Waals surface area contributed by atoms with E-state index in [1.807, 2.05) is 0 Å². The molecule has 1 rings (SSSR count). The van der Waals surface area contributed by atoms with E-state index in [4.69, 9.17) is 102 Å². The summed E-state index contributed by atoms with van der Waals surface area (Å²) in [7, 11) is -22.1. The minimum Gasteiger partial charge on any atom is -0.457 e. The van der Waals surface area contributed by atoms with Crippen LogP contribution in [0, 0.1) is 0 Å². The van der Waals surface area contributed by atoms with Crippen LogP contribution in [-0.4, -0.2) is 152 Å². The van der Waals surface area contributed by atoms with E-state index in [1.165, 1.54) is 6.92 Å². The molecule has 35 nitrogen and oxygen atoms in total. The Morgan fingerprint density at radius 1 is 0.324 bits per heavy atom. The van der Waals surface area contributed by atoms with Gasteiger partial charge in [0, 0.05) is 68.9 Å². The van der Waals surface area contributed by atoms with Gasteiger partial charge < -0.3 is 47.4 Å². The molecule has 0 unspecified atom stereocenters. The summed E-state index contributed by atoms with van der Waals surface area (Å²) in [6.45, 7) is -2.39. The van der Waals surface area contributed by atoms with Gasteiger partial charge in [0.15, 0.2) is 6.10 Å². The molecule has 1 aliphatic carbocycles. The molecule has 0 aliphatic heterocycles. The summed E-state index contributed by atoms with van der Waals surface area (Å²) in [6.07, 6.45) is -16.3. The number of ether oxygens (including phenoxy) is 10. The number of esters is 9. The van der Waals surface area contributed by atoms with Crippen LogP contribution in [0.25, 0.3) is 0 Å². The van der Waals surface area contributed by atoms with Crippen molar-refractivity contribution in [3.63, 3.8) is 0 Å². The van der Waals surface area contributed by atoms with Crippen molar-refractivity contribution in [1.29, 1.82) is 0 Å². The van der Waals surface area contributed by atoms with Crippen LogP contribution in [0.3, 0.4) is 0 Å². The molecule has 1 aliphatic rings. The molecule has 0 aromatic carbocycles. The minimum atomic E-state index is -5.80. The van der Waals surface area contributed by atoms with Gasteiger partial charge >= 0.3 is 85.0 Å². The number of carbonyl (C=O) groups is 9. The van der Waals surface area contributed by atoms with E-state index in [1.54, 1.807) is 0 Å². The van der Waals surface area contributed by atoms with Gasteiger partial charge in [0.25, 0.3) is 0 Å². The molecule has 0 N–H and O–H groups in total. The second kappa shape index (κ2) is 33.6. The predicted molar refractivity (Wildman–Crippen MR) is 227 cm³/mol. The van der Waals surface area contributed by atoms with Gasteiger partial charge in [-0.05, 0) is 6.42 Å². The summed E-state index contributed by atoms with van der Waals surface area (Å²) < 4.78 is 172. The molecular formula is C35H56O35P4. The zero-order valence-corrected chi connectivity index (χ0v) is 44.7. The predicted octanol–water partition coefficient (Wildman–Crippen LogP) is 3.00. The van der Waals surface area contributed by atoms with E-state index >= 15 is 0 Å². The van der Waals surface area contributed by atoms with Crippen LogP contribution in [-0.2, 0) is 163 Å². The SMILES string of the molecule is CCCC(=O)O[C@@H]1[C@H](OC)[C@H](OP(=O)(OCOC(C)=O)OCOC(C)=O)[C@@H](OP(=O)(OCOC(C)=O)OCOC(C)=O)[C@H](OP(=O)(OCOC(C)=O)OCOC(C)=O)[C@H]1OP(=O)(OCOC(C)=O)OCOC(C)=O. The standard InChI is InChI=1S/C35H56O35P4/c1-11-12-29(44)66-31-30(49-10)32(67-71(45,58-13-50-21(2)36)59-14-51-22(3)37)34(69-73(47,62-17-54-25(6)40)63-18-55-26(7)41)35(70-74(48,64-19-56-27(8)42)65-20-57-28(9)43)33(31)68-72(46,60-15-52-23(4)38)61-16-53-24(5)39/h30-35H,11-20H2,1-10H3/t30-,31+,32-,33-,34+,35+/m0/s1. The van der Waals surface area contributed by atoms with E-state index < -0.39 is 182 Å². The summed E-state index contributed by atoms with van der Waals surface area (Å²) in [5.74, 6) is -9.86. The van der Waals surface area contributed by atoms with Crippen LogP contribution in [0.15, 0.2) is 0 Å². The molecule has 0 amide bonds. The molecule has 0 aromatic heterocycles. The average molecular weight is 1160 g/mol. The maximum atomic E-state index is 14.8. The summed E-state index contributed by atoms with van der Waals surface area (Å²) in [6, 6.07) is 0. The van der Waals surface area contributed by atoms with Gasteiger partial charge in [0.2, 0.25) is 54.3 Å². The number of methoxy groups -OCH3 is 1. The number of hydrogen-bond donors (Lipinski definition) is 0. The Morgan fingerprint density at radius 3 is 0.689 bits per heavy atom. The van der Waals surface area contributed by atoms with Crippen molar-refractivity contribution in [3.8, 4) is 0 Å². The lowest BCUT2D eigenvalue weighted by molar-refractivity contribution is -0.234. The van der Waals surface area contributed by atoms with Crippen LogP contribution < -0.4 is 0 Å². The Labute approximate surface area is 420 Å².